The third-order valence-electron chi connectivity index (χ3n) is 3.86. The van der Waals surface area contributed by atoms with E-state index in [1.807, 2.05) is 25.1 Å². The molecule has 8 nitrogen and oxygen atoms in total. The number of nitrogens with one attached hydrogen (secondary N) is 2. The van der Waals surface area contributed by atoms with Crippen molar-refractivity contribution in [1.29, 1.82) is 0 Å². The van der Waals surface area contributed by atoms with E-state index in [0.29, 0.717) is 29.0 Å². The van der Waals surface area contributed by atoms with Gasteiger partial charge in [0.15, 0.2) is 11.5 Å². The van der Waals surface area contributed by atoms with Gasteiger partial charge in [0, 0.05) is 36.1 Å². The van der Waals surface area contributed by atoms with Gasteiger partial charge in [-0.25, -0.2) is 4.98 Å². The molecule has 0 radical (unpaired) electrons. The number of nitrogens with zero attached hydrogens (tertiary/aromatic N) is 3. The van der Waals surface area contributed by atoms with Crippen LogP contribution in [0.4, 0.5) is 17.5 Å². The number of ether oxygens (including phenoxy) is 3. The lowest BCUT2D eigenvalue weighted by Gasteiger charge is -2.15. The van der Waals surface area contributed by atoms with Gasteiger partial charge in [0.1, 0.15) is 5.82 Å². The molecule has 0 bridgehead atoms. The van der Waals surface area contributed by atoms with Crippen LogP contribution in [-0.2, 0) is 0 Å². The minimum Gasteiger partial charge on any atom is -0.493 e. The summed E-state index contributed by atoms with van der Waals surface area (Å²) in [6.45, 7) is 3.76. The van der Waals surface area contributed by atoms with Crippen LogP contribution in [0.1, 0.15) is 12.1 Å². The number of benzene rings is 1. The minimum atomic E-state index is 0.549. The first-order valence-electron chi connectivity index (χ1n) is 8.78. The Labute approximate surface area is 160 Å². The molecule has 0 fully saturated rings. The maximum absolute atomic E-state index is 5.40. The molecule has 0 atom stereocenters. The van der Waals surface area contributed by atoms with E-state index in [0.717, 1.165) is 30.9 Å². The maximum atomic E-state index is 5.40. The van der Waals surface area contributed by atoms with Crippen molar-refractivity contribution in [2.24, 2.45) is 0 Å². The summed E-state index contributed by atoms with van der Waals surface area (Å²) in [6.07, 6.45) is 1.01. The van der Waals surface area contributed by atoms with Gasteiger partial charge < -0.3 is 29.7 Å². The molecular weight excluding hydrogens is 346 g/mol. The fraction of sp³-hybridized carbons (Fsp3) is 0.474. The lowest BCUT2D eigenvalue weighted by molar-refractivity contribution is 0.324. The third-order valence-corrected chi connectivity index (χ3v) is 3.86. The Balaban J connectivity index is 2.17. The average molecular weight is 375 g/mol. The van der Waals surface area contributed by atoms with Gasteiger partial charge in [0.2, 0.25) is 11.7 Å². The van der Waals surface area contributed by atoms with Crippen LogP contribution in [0.5, 0.6) is 17.2 Å². The minimum absolute atomic E-state index is 0.549. The Kier molecular flexibility index (Phi) is 7.48. The van der Waals surface area contributed by atoms with Crippen molar-refractivity contribution in [2.75, 3.05) is 59.1 Å². The molecule has 2 rings (SSSR count). The first-order valence-corrected chi connectivity index (χ1v) is 8.78. The summed E-state index contributed by atoms with van der Waals surface area (Å²) in [4.78, 5) is 11.1. The second-order valence-corrected chi connectivity index (χ2v) is 6.34. The number of aromatic nitrogens is 2. The zero-order valence-corrected chi connectivity index (χ0v) is 16.9. The van der Waals surface area contributed by atoms with Crippen LogP contribution in [0.25, 0.3) is 0 Å². The molecule has 0 saturated heterocycles. The van der Waals surface area contributed by atoms with Crippen molar-refractivity contribution in [3.05, 3.63) is 23.9 Å². The topological polar surface area (TPSA) is 80.8 Å². The Hall–Kier alpha value is -2.74. The number of rotatable bonds is 10. The van der Waals surface area contributed by atoms with Crippen molar-refractivity contribution in [3.63, 3.8) is 0 Å². The highest BCUT2D eigenvalue weighted by Gasteiger charge is 2.14. The molecule has 148 valence electrons. The molecule has 0 aliphatic carbocycles. The highest BCUT2D eigenvalue weighted by atomic mass is 16.5. The largest absolute Gasteiger partial charge is 0.493 e. The van der Waals surface area contributed by atoms with Crippen LogP contribution in [-0.4, -0.2) is 63.4 Å². The summed E-state index contributed by atoms with van der Waals surface area (Å²) in [5.74, 6) is 2.99. The van der Waals surface area contributed by atoms with Crippen LogP contribution in [0.15, 0.2) is 18.2 Å². The summed E-state index contributed by atoms with van der Waals surface area (Å²) in [5.41, 5.74) is 1.65. The molecule has 0 unspecified atom stereocenters. The Bertz CT molecular complexity index is 727. The predicted octanol–water partition coefficient (Wildman–Crippen LogP) is 2.92. The van der Waals surface area contributed by atoms with Gasteiger partial charge in [-0.05, 0) is 34.0 Å². The smallest absolute Gasteiger partial charge is 0.224 e. The summed E-state index contributed by atoms with van der Waals surface area (Å²) >= 11 is 0. The molecular formula is C19H29N5O3. The summed E-state index contributed by atoms with van der Waals surface area (Å²) in [6, 6.07) is 5.56. The van der Waals surface area contributed by atoms with Crippen molar-refractivity contribution >= 4 is 17.5 Å². The highest BCUT2D eigenvalue weighted by Crippen LogP contribution is 2.40. The SMILES string of the molecule is COc1cc(Nc2cc(C)nc(NCCCN(C)C)n2)cc(OC)c1OC. The van der Waals surface area contributed by atoms with Gasteiger partial charge in [-0.1, -0.05) is 0 Å². The molecule has 0 aliphatic rings. The van der Waals surface area contributed by atoms with Gasteiger partial charge in [-0.2, -0.15) is 4.98 Å². The van der Waals surface area contributed by atoms with Crippen LogP contribution in [0, 0.1) is 6.92 Å². The highest BCUT2D eigenvalue weighted by molar-refractivity contribution is 5.67. The molecule has 0 aliphatic heterocycles. The first-order chi connectivity index (χ1) is 13.0. The van der Waals surface area contributed by atoms with Crippen molar-refractivity contribution < 1.29 is 14.2 Å². The van der Waals surface area contributed by atoms with E-state index < -0.39 is 0 Å². The monoisotopic (exact) mass is 375 g/mol. The predicted molar refractivity (Wildman–Crippen MR) is 108 cm³/mol. The molecule has 27 heavy (non-hydrogen) atoms. The van der Waals surface area contributed by atoms with Gasteiger partial charge in [0.05, 0.1) is 21.3 Å². The lowest BCUT2D eigenvalue weighted by atomic mass is 10.2. The van der Waals surface area contributed by atoms with Gasteiger partial charge in [-0.15, -0.1) is 0 Å². The third kappa shape index (κ3) is 5.89. The standard InChI is InChI=1S/C19H29N5O3/c1-13-10-17(23-19(21-13)20-8-7-9-24(2)3)22-14-11-15(25-4)18(27-6)16(12-14)26-5/h10-12H,7-9H2,1-6H3,(H2,20,21,22,23). The second-order valence-electron chi connectivity index (χ2n) is 6.34. The zero-order valence-electron chi connectivity index (χ0n) is 16.9. The Morgan fingerprint density at radius 3 is 2.19 bits per heavy atom. The molecule has 0 spiro atoms. The maximum Gasteiger partial charge on any atom is 0.224 e. The summed E-state index contributed by atoms with van der Waals surface area (Å²) in [7, 11) is 8.87. The molecule has 2 N–H and O–H groups in total. The first kappa shape index (κ1) is 20.6. The van der Waals surface area contributed by atoms with Crippen molar-refractivity contribution in [1.82, 2.24) is 14.9 Å². The average Bonchev–Trinajstić information content (AvgIpc) is 2.63. The quantitative estimate of drug-likeness (QED) is 0.614. The molecule has 1 aromatic heterocycles. The van der Waals surface area contributed by atoms with Gasteiger partial charge in [-0.3, -0.25) is 0 Å². The fourth-order valence-electron chi connectivity index (χ4n) is 2.61. The number of hydrogen-bond acceptors (Lipinski definition) is 8. The van der Waals surface area contributed by atoms with Crippen LogP contribution >= 0.6 is 0 Å². The van der Waals surface area contributed by atoms with Crippen LogP contribution in [0.2, 0.25) is 0 Å². The normalized spacial score (nSPS) is 10.6. The van der Waals surface area contributed by atoms with E-state index in [1.165, 1.54) is 0 Å². The Morgan fingerprint density at radius 1 is 0.963 bits per heavy atom. The molecule has 1 aromatic carbocycles. The number of methoxy groups -OCH3 is 3. The number of anilines is 3. The van der Waals surface area contributed by atoms with E-state index >= 15 is 0 Å². The van der Waals surface area contributed by atoms with Crippen LogP contribution in [0.3, 0.4) is 0 Å². The summed E-state index contributed by atoms with van der Waals surface area (Å²) < 4.78 is 16.1. The molecule has 2 aromatic rings. The molecule has 8 heteroatoms. The molecule has 1 heterocycles. The van der Waals surface area contributed by atoms with Gasteiger partial charge in [0.25, 0.3) is 0 Å². The zero-order chi connectivity index (χ0) is 19.8. The summed E-state index contributed by atoms with van der Waals surface area (Å²) in [5, 5.41) is 6.55. The van der Waals surface area contributed by atoms with Gasteiger partial charge >= 0.3 is 0 Å². The van der Waals surface area contributed by atoms with E-state index in [-0.39, 0.29) is 0 Å². The van der Waals surface area contributed by atoms with Crippen molar-refractivity contribution in [3.8, 4) is 17.2 Å². The Morgan fingerprint density at radius 2 is 1.63 bits per heavy atom. The van der Waals surface area contributed by atoms with E-state index in [9.17, 15) is 0 Å². The second kappa shape index (κ2) is 9.82. The number of aryl methyl sites for hydroxylation is 1. The van der Waals surface area contributed by atoms with E-state index in [1.54, 1.807) is 21.3 Å². The fourth-order valence-corrected chi connectivity index (χ4v) is 2.61. The lowest BCUT2D eigenvalue weighted by Crippen LogP contribution is -2.17. The molecule has 0 amide bonds. The van der Waals surface area contributed by atoms with E-state index in [4.69, 9.17) is 14.2 Å². The van der Waals surface area contributed by atoms with Crippen molar-refractivity contribution in [2.45, 2.75) is 13.3 Å². The van der Waals surface area contributed by atoms with E-state index in [2.05, 4.69) is 39.6 Å². The van der Waals surface area contributed by atoms with Crippen LogP contribution < -0.4 is 24.8 Å². The number of hydrogen-bond donors (Lipinski definition) is 2. The molecule has 0 saturated carbocycles.